The fourth-order valence-electron chi connectivity index (χ4n) is 3.41. The van der Waals surface area contributed by atoms with Gasteiger partial charge in [0.05, 0.1) is 24.6 Å². The molecular formula is C20H20FN5O4. The first-order chi connectivity index (χ1) is 14.4. The van der Waals surface area contributed by atoms with Crippen LogP contribution in [0.3, 0.4) is 0 Å². The van der Waals surface area contributed by atoms with E-state index >= 15 is 0 Å². The van der Waals surface area contributed by atoms with Crippen LogP contribution < -0.4 is 15.7 Å². The maximum atomic E-state index is 14.8. The molecule has 0 atom stereocenters. The molecule has 1 amide bonds. The van der Waals surface area contributed by atoms with Crippen LogP contribution in [0, 0.1) is 12.7 Å². The lowest BCUT2D eigenvalue weighted by Crippen LogP contribution is -2.26. The van der Waals surface area contributed by atoms with Gasteiger partial charge in [-0.05, 0) is 31.4 Å². The Balaban J connectivity index is 1.66. The predicted octanol–water partition coefficient (Wildman–Crippen LogP) is 2.18. The first-order valence-corrected chi connectivity index (χ1v) is 9.42. The molecule has 0 bridgehead atoms. The third-order valence-corrected chi connectivity index (χ3v) is 5.05. The normalized spacial score (nSPS) is 13.0. The van der Waals surface area contributed by atoms with E-state index in [1.807, 2.05) is 0 Å². The van der Waals surface area contributed by atoms with Crippen LogP contribution in [0.5, 0.6) is 11.6 Å². The van der Waals surface area contributed by atoms with E-state index in [0.29, 0.717) is 35.9 Å². The van der Waals surface area contributed by atoms with Crippen LogP contribution in [0.1, 0.15) is 34.6 Å². The van der Waals surface area contributed by atoms with Gasteiger partial charge in [-0.3, -0.25) is 9.36 Å². The highest BCUT2D eigenvalue weighted by molar-refractivity contribution is 6.06. The Bertz CT molecular complexity index is 1200. The number of carbonyl (C=O) groups is 1. The number of nitrogens with zero attached hydrogens (tertiary/aromatic N) is 4. The van der Waals surface area contributed by atoms with E-state index in [0.717, 1.165) is 29.7 Å². The van der Waals surface area contributed by atoms with Gasteiger partial charge < -0.3 is 15.2 Å². The lowest BCUT2D eigenvalue weighted by Gasteiger charge is -2.11. The summed E-state index contributed by atoms with van der Waals surface area (Å²) in [5.41, 5.74) is 0.117. The summed E-state index contributed by atoms with van der Waals surface area (Å²) in [5.74, 6) is -1.07. The zero-order valence-corrected chi connectivity index (χ0v) is 16.5. The maximum absolute atomic E-state index is 14.8. The summed E-state index contributed by atoms with van der Waals surface area (Å²) < 4.78 is 22.3. The first-order valence-electron chi connectivity index (χ1n) is 9.42. The molecule has 1 aliphatic rings. The summed E-state index contributed by atoms with van der Waals surface area (Å²) in [6, 6.07) is 3.55. The third-order valence-electron chi connectivity index (χ3n) is 5.05. The van der Waals surface area contributed by atoms with Gasteiger partial charge in [-0.1, -0.05) is 0 Å². The van der Waals surface area contributed by atoms with Gasteiger partial charge in [0.2, 0.25) is 5.88 Å². The number of fused-ring (bicyclic) bond motifs is 1. The molecule has 9 nitrogen and oxygen atoms in total. The zero-order chi connectivity index (χ0) is 21.4. The van der Waals surface area contributed by atoms with Crippen molar-refractivity contribution in [2.24, 2.45) is 0 Å². The number of benzene rings is 1. The second kappa shape index (κ2) is 7.62. The number of amides is 1. The molecule has 0 radical (unpaired) electrons. The van der Waals surface area contributed by atoms with Crippen LogP contribution in [0.2, 0.25) is 0 Å². The Hall–Kier alpha value is -3.69. The minimum absolute atomic E-state index is 0.210. The Morgan fingerprint density at radius 1 is 1.30 bits per heavy atom. The number of halogens is 1. The summed E-state index contributed by atoms with van der Waals surface area (Å²) >= 11 is 0. The Morgan fingerprint density at radius 3 is 2.80 bits per heavy atom. The molecule has 0 spiro atoms. The number of pyridine rings is 1. The number of nitrogens with one attached hydrogen (secondary N) is 1. The molecule has 0 saturated heterocycles. The second-order valence-electron chi connectivity index (χ2n) is 7.04. The molecular weight excluding hydrogens is 393 g/mol. The summed E-state index contributed by atoms with van der Waals surface area (Å²) in [4.78, 5) is 29.1. The quantitative estimate of drug-likeness (QED) is 0.678. The number of hydrogen-bond donors (Lipinski definition) is 2. The van der Waals surface area contributed by atoms with E-state index in [1.54, 1.807) is 13.0 Å². The average Bonchev–Trinajstić information content (AvgIpc) is 3.07. The van der Waals surface area contributed by atoms with Crippen molar-refractivity contribution in [3.05, 3.63) is 57.6 Å². The van der Waals surface area contributed by atoms with Gasteiger partial charge in [0.15, 0.2) is 0 Å². The minimum atomic E-state index is -0.847. The number of rotatable bonds is 4. The van der Waals surface area contributed by atoms with Crippen LogP contribution >= 0.6 is 0 Å². The number of ether oxygens (including phenoxy) is 1. The highest BCUT2D eigenvalue weighted by Crippen LogP contribution is 2.26. The topological polar surface area (TPSA) is 111 Å². The molecule has 1 aromatic carbocycles. The number of hydrogen-bond acceptors (Lipinski definition) is 6. The summed E-state index contributed by atoms with van der Waals surface area (Å²) in [7, 11) is 1.48. The number of phenols is 1. The number of anilines is 1. The van der Waals surface area contributed by atoms with E-state index in [2.05, 4.69) is 15.4 Å². The molecule has 3 aromatic rings. The standard InChI is InChI=1S/C20H20FN5O4/c1-11-7-18(30-2)22-10-14(11)23-19(28)12-8-13(21)15(9-16(12)27)26-20(29)25-6-4-3-5-17(25)24-26/h7-10,27H,3-6H2,1-2H3,(H,23,28). The van der Waals surface area contributed by atoms with Crippen LogP contribution in [0.4, 0.5) is 10.1 Å². The fraction of sp³-hybridized carbons (Fsp3) is 0.300. The van der Waals surface area contributed by atoms with Gasteiger partial charge >= 0.3 is 5.69 Å². The van der Waals surface area contributed by atoms with Gasteiger partial charge in [0.1, 0.15) is 23.1 Å². The average molecular weight is 413 g/mol. The highest BCUT2D eigenvalue weighted by Gasteiger charge is 2.22. The van der Waals surface area contributed by atoms with Crippen molar-refractivity contribution >= 4 is 11.6 Å². The smallest absolute Gasteiger partial charge is 0.350 e. The number of aromatic nitrogens is 4. The molecule has 3 heterocycles. The Kier molecular flexibility index (Phi) is 4.98. The highest BCUT2D eigenvalue weighted by atomic mass is 19.1. The van der Waals surface area contributed by atoms with Crippen LogP contribution in [-0.2, 0) is 13.0 Å². The van der Waals surface area contributed by atoms with Crippen molar-refractivity contribution in [2.75, 3.05) is 12.4 Å². The summed E-state index contributed by atoms with van der Waals surface area (Å²) in [6.45, 7) is 2.27. The predicted molar refractivity (Wildman–Crippen MR) is 106 cm³/mol. The monoisotopic (exact) mass is 413 g/mol. The molecule has 0 aliphatic carbocycles. The molecule has 30 heavy (non-hydrogen) atoms. The van der Waals surface area contributed by atoms with E-state index in [-0.39, 0.29) is 11.3 Å². The van der Waals surface area contributed by atoms with Gasteiger partial charge in [-0.15, -0.1) is 5.10 Å². The zero-order valence-electron chi connectivity index (χ0n) is 16.5. The largest absolute Gasteiger partial charge is 0.507 e. The minimum Gasteiger partial charge on any atom is -0.507 e. The van der Waals surface area contributed by atoms with E-state index in [4.69, 9.17) is 4.74 Å². The Morgan fingerprint density at radius 2 is 2.10 bits per heavy atom. The number of phenolic OH excluding ortho intramolecular Hbond substituents is 1. The Labute approximate surface area is 170 Å². The van der Waals surface area contributed by atoms with Crippen LogP contribution in [0.15, 0.2) is 29.2 Å². The lowest BCUT2D eigenvalue weighted by molar-refractivity contribution is 0.102. The summed E-state index contributed by atoms with van der Waals surface area (Å²) in [5, 5.41) is 17.1. The molecule has 1 aliphatic heterocycles. The molecule has 2 N–H and O–H groups in total. The summed E-state index contributed by atoms with van der Waals surface area (Å²) in [6.07, 6.45) is 3.79. The number of methoxy groups -OCH3 is 1. The number of aromatic hydroxyl groups is 1. The van der Waals surface area contributed by atoms with Gasteiger partial charge in [0, 0.05) is 25.1 Å². The van der Waals surface area contributed by atoms with Crippen molar-refractivity contribution in [1.82, 2.24) is 19.3 Å². The van der Waals surface area contributed by atoms with Gasteiger partial charge in [-0.25, -0.2) is 14.2 Å². The second-order valence-corrected chi connectivity index (χ2v) is 7.04. The van der Waals surface area contributed by atoms with Crippen LogP contribution in [-0.4, -0.2) is 37.5 Å². The van der Waals surface area contributed by atoms with Crippen LogP contribution in [0.25, 0.3) is 5.69 Å². The molecule has 156 valence electrons. The molecule has 0 fully saturated rings. The first kappa shape index (κ1) is 19.6. The van der Waals surface area contributed by atoms with E-state index in [1.165, 1.54) is 17.9 Å². The molecule has 0 unspecified atom stereocenters. The molecule has 0 saturated carbocycles. The maximum Gasteiger partial charge on any atom is 0.350 e. The van der Waals surface area contributed by atoms with E-state index < -0.39 is 23.2 Å². The van der Waals surface area contributed by atoms with Crippen molar-refractivity contribution in [3.8, 4) is 17.3 Å². The van der Waals surface area contributed by atoms with Gasteiger partial charge in [0.25, 0.3) is 5.91 Å². The van der Waals surface area contributed by atoms with Gasteiger partial charge in [-0.2, -0.15) is 4.68 Å². The SMILES string of the molecule is COc1cc(C)c(NC(=O)c2cc(F)c(-n3nc4n(c3=O)CCCC4)cc2O)cn1. The lowest BCUT2D eigenvalue weighted by atomic mass is 10.1. The fourth-order valence-corrected chi connectivity index (χ4v) is 3.41. The molecule has 10 heteroatoms. The molecule has 4 rings (SSSR count). The number of carbonyl (C=O) groups excluding carboxylic acids is 1. The molecule has 2 aromatic heterocycles. The third kappa shape index (κ3) is 3.40. The van der Waals surface area contributed by atoms with Crippen molar-refractivity contribution < 1.29 is 19.0 Å². The van der Waals surface area contributed by atoms with Crippen molar-refractivity contribution in [2.45, 2.75) is 32.7 Å². The van der Waals surface area contributed by atoms with Crippen molar-refractivity contribution in [1.29, 1.82) is 0 Å². The van der Waals surface area contributed by atoms with Crippen molar-refractivity contribution in [3.63, 3.8) is 0 Å². The number of aryl methyl sites for hydroxylation is 2. The van der Waals surface area contributed by atoms with E-state index in [9.17, 15) is 19.1 Å².